The number of rotatable bonds is 4. The molecule has 1 saturated heterocycles. The Morgan fingerprint density at radius 1 is 1.22 bits per heavy atom. The molecule has 2 saturated carbocycles. The molecular formula is C27H42N4O8S2. The summed E-state index contributed by atoms with van der Waals surface area (Å²) in [6.45, 7) is 8.67. The topological polar surface area (TPSA) is 171 Å². The van der Waals surface area contributed by atoms with Crippen molar-refractivity contribution in [3.63, 3.8) is 0 Å². The summed E-state index contributed by atoms with van der Waals surface area (Å²) in [5, 5.41) is 15.4. The van der Waals surface area contributed by atoms with E-state index in [2.05, 4.69) is 15.4 Å². The van der Waals surface area contributed by atoms with E-state index in [9.17, 15) is 32.7 Å². The summed E-state index contributed by atoms with van der Waals surface area (Å²) < 4.78 is 31.8. The number of nitrogens with one attached hydrogen (secondary N) is 3. The number of allylic oxidation sites excluding steroid dienone is 1. The van der Waals surface area contributed by atoms with Crippen molar-refractivity contribution in [1.82, 2.24) is 20.3 Å². The van der Waals surface area contributed by atoms with Crippen LogP contribution in [0.1, 0.15) is 73.1 Å². The second-order valence-electron chi connectivity index (χ2n) is 12.9. The summed E-state index contributed by atoms with van der Waals surface area (Å²) in [5.74, 6) is -1.77. The third kappa shape index (κ3) is 7.37. The number of hydrogen-bond donors (Lipinski definition) is 4. The van der Waals surface area contributed by atoms with E-state index in [4.69, 9.17) is 4.74 Å². The molecule has 0 bridgehead atoms. The number of aliphatic hydroxyl groups excluding tert-OH is 1. The average molecular weight is 615 g/mol. The molecule has 4 amide bonds. The number of fused-ring (bicyclic) bond motifs is 2. The zero-order valence-corrected chi connectivity index (χ0v) is 25.9. The number of hydrogen-bond acceptors (Lipinski definition) is 9. The minimum Gasteiger partial charge on any atom is -0.444 e. The molecule has 2 aliphatic carbocycles. The molecule has 230 valence electrons. The Bertz CT molecular complexity index is 1210. The van der Waals surface area contributed by atoms with Gasteiger partial charge in [-0.1, -0.05) is 12.2 Å². The number of sulfonamides is 1. The van der Waals surface area contributed by atoms with Crippen LogP contribution in [-0.4, -0.2) is 93.9 Å². The Morgan fingerprint density at radius 2 is 1.90 bits per heavy atom. The molecule has 4 N–H and O–H groups in total. The predicted molar refractivity (Wildman–Crippen MR) is 153 cm³/mol. The number of aliphatic hydroxyl groups is 1. The fourth-order valence-corrected chi connectivity index (χ4v) is 7.80. The lowest BCUT2D eigenvalue weighted by molar-refractivity contribution is -0.141. The molecule has 3 fully saturated rings. The molecule has 0 spiro atoms. The molecular weight excluding hydrogens is 572 g/mol. The lowest BCUT2D eigenvalue weighted by Crippen LogP contribution is -2.61. The lowest BCUT2D eigenvalue weighted by Gasteiger charge is -2.37. The summed E-state index contributed by atoms with van der Waals surface area (Å²) >= 11 is 1.50. The largest absolute Gasteiger partial charge is 0.444 e. The summed E-state index contributed by atoms with van der Waals surface area (Å²) in [7, 11) is -3.84. The summed E-state index contributed by atoms with van der Waals surface area (Å²) in [6.07, 6.45) is 4.51. The monoisotopic (exact) mass is 614 g/mol. The number of alkyl carbamates (subject to hydrolysis) is 1. The second-order valence-corrected chi connectivity index (χ2v) is 16.7. The van der Waals surface area contributed by atoms with Crippen LogP contribution in [0.4, 0.5) is 4.79 Å². The average Bonchev–Trinajstić information content (AvgIpc) is 3.75. The number of nitrogens with zero attached hydrogens (tertiary/aromatic N) is 1. The molecule has 12 nitrogen and oxygen atoms in total. The summed E-state index contributed by atoms with van der Waals surface area (Å²) in [6, 6.07) is -2.21. The van der Waals surface area contributed by atoms with E-state index in [1.807, 2.05) is 26.0 Å². The van der Waals surface area contributed by atoms with Crippen molar-refractivity contribution < 1.29 is 37.4 Å². The first-order valence-electron chi connectivity index (χ1n) is 14.1. The van der Waals surface area contributed by atoms with E-state index in [0.29, 0.717) is 25.0 Å². The van der Waals surface area contributed by atoms with Crippen molar-refractivity contribution in [2.75, 3.05) is 12.3 Å². The fourth-order valence-electron chi connectivity index (χ4n) is 5.28. The van der Waals surface area contributed by atoms with Gasteiger partial charge in [-0.25, -0.2) is 13.2 Å². The highest BCUT2D eigenvalue weighted by molar-refractivity contribution is 8.00. The van der Waals surface area contributed by atoms with Crippen LogP contribution in [0.3, 0.4) is 0 Å². The standard InChI is InChI=1S/C27H42N4O8S2/c1-25(2,3)39-24(36)28-20-22(34)31-15-17(32)13-19(31)21(33)29-27(23(35)30-41(37,38)18-10-11-18)14-16(27)9-7-6-8-12-40-26(20,4)5/h7,9,16-20,32H,6,8,10-15H2,1-5H3,(H,28,36)(H,29,33)(H,30,35)/b9-7-/t16-,17-,19+,20-,27-/m1/s1. The third-order valence-corrected chi connectivity index (χ3v) is 11.1. The molecule has 0 aromatic carbocycles. The Labute approximate surface area is 245 Å². The van der Waals surface area contributed by atoms with Crippen LogP contribution < -0.4 is 15.4 Å². The van der Waals surface area contributed by atoms with Crippen LogP contribution in [0, 0.1) is 5.92 Å². The molecule has 41 heavy (non-hydrogen) atoms. The van der Waals surface area contributed by atoms with Crippen molar-refractivity contribution in [2.45, 2.75) is 112 Å². The minimum absolute atomic E-state index is 0.0666. The Balaban J connectivity index is 1.63. The minimum atomic E-state index is -3.84. The first-order chi connectivity index (χ1) is 18.9. The van der Waals surface area contributed by atoms with Crippen molar-refractivity contribution in [3.8, 4) is 0 Å². The molecule has 0 unspecified atom stereocenters. The molecule has 2 aliphatic heterocycles. The normalized spacial score (nSPS) is 33.3. The SMILES string of the molecule is CC(C)(C)OC(=O)N[C@@H]1C(=O)N2C[C@H](O)C[C@H]2C(=O)N[C@]2(C(=O)NS(=O)(=O)C3CC3)C[C@H]2/C=C\CCCSC1(C)C. The van der Waals surface area contributed by atoms with E-state index >= 15 is 0 Å². The molecule has 14 heteroatoms. The molecule has 0 aromatic heterocycles. The van der Waals surface area contributed by atoms with Gasteiger partial charge in [0, 0.05) is 23.6 Å². The Morgan fingerprint density at radius 3 is 2.54 bits per heavy atom. The van der Waals surface area contributed by atoms with Crippen LogP contribution in [0.5, 0.6) is 0 Å². The smallest absolute Gasteiger partial charge is 0.408 e. The number of carbonyl (C=O) groups excluding carboxylic acids is 4. The fraction of sp³-hybridized carbons (Fsp3) is 0.778. The number of thioether (sulfide) groups is 1. The second kappa shape index (κ2) is 11.4. The molecule has 2 heterocycles. The van der Waals surface area contributed by atoms with Crippen molar-refractivity contribution in [1.29, 1.82) is 0 Å². The van der Waals surface area contributed by atoms with Crippen LogP contribution in [-0.2, 0) is 29.1 Å². The van der Waals surface area contributed by atoms with E-state index in [1.54, 1.807) is 20.8 Å². The maximum Gasteiger partial charge on any atom is 0.408 e. The van der Waals surface area contributed by atoms with E-state index < -0.39 is 79.1 Å². The third-order valence-electron chi connectivity index (χ3n) is 7.79. The van der Waals surface area contributed by atoms with Gasteiger partial charge in [-0.2, -0.15) is 11.8 Å². The molecule has 4 rings (SSSR count). The van der Waals surface area contributed by atoms with Gasteiger partial charge < -0.3 is 25.4 Å². The number of ether oxygens (including phenoxy) is 1. The van der Waals surface area contributed by atoms with Crippen molar-refractivity contribution in [2.24, 2.45) is 5.92 Å². The van der Waals surface area contributed by atoms with Crippen LogP contribution in [0.15, 0.2) is 12.2 Å². The van der Waals surface area contributed by atoms with Gasteiger partial charge in [-0.05, 0) is 72.5 Å². The highest BCUT2D eigenvalue weighted by atomic mass is 32.2. The highest BCUT2D eigenvalue weighted by Crippen LogP contribution is 2.46. The van der Waals surface area contributed by atoms with Gasteiger partial charge in [0.25, 0.3) is 5.91 Å². The molecule has 5 atom stereocenters. The Hall–Kier alpha value is -2.32. The maximum absolute atomic E-state index is 14.0. The van der Waals surface area contributed by atoms with E-state index in [-0.39, 0.29) is 19.4 Å². The summed E-state index contributed by atoms with van der Waals surface area (Å²) in [5.41, 5.74) is -2.27. The van der Waals surface area contributed by atoms with E-state index in [0.717, 1.165) is 6.42 Å². The van der Waals surface area contributed by atoms with Gasteiger partial charge in [0.1, 0.15) is 23.2 Å². The molecule has 4 aliphatic rings. The van der Waals surface area contributed by atoms with Crippen LogP contribution in [0.25, 0.3) is 0 Å². The number of amides is 4. The van der Waals surface area contributed by atoms with Gasteiger partial charge in [0.15, 0.2) is 0 Å². The first-order valence-corrected chi connectivity index (χ1v) is 16.7. The number of carbonyl (C=O) groups is 4. The Kier molecular flexibility index (Phi) is 8.79. The van der Waals surface area contributed by atoms with Crippen molar-refractivity contribution in [3.05, 3.63) is 12.2 Å². The predicted octanol–water partition coefficient (Wildman–Crippen LogP) is 1.19. The van der Waals surface area contributed by atoms with Crippen molar-refractivity contribution >= 4 is 45.6 Å². The zero-order valence-electron chi connectivity index (χ0n) is 24.3. The first kappa shape index (κ1) is 31.6. The van der Waals surface area contributed by atoms with E-state index in [1.165, 1.54) is 16.7 Å². The highest BCUT2D eigenvalue weighted by Gasteiger charge is 2.62. The van der Waals surface area contributed by atoms with Gasteiger partial charge >= 0.3 is 6.09 Å². The molecule has 0 radical (unpaired) electrons. The van der Waals surface area contributed by atoms with Gasteiger partial charge in [0.2, 0.25) is 21.8 Å². The zero-order chi connectivity index (χ0) is 30.4. The van der Waals surface area contributed by atoms with Crippen LogP contribution in [0.2, 0.25) is 0 Å². The van der Waals surface area contributed by atoms with Gasteiger partial charge in [-0.3, -0.25) is 19.1 Å². The van der Waals surface area contributed by atoms with Crippen LogP contribution >= 0.6 is 11.8 Å². The quantitative estimate of drug-likeness (QED) is 0.340. The van der Waals surface area contributed by atoms with Gasteiger partial charge in [-0.15, -0.1) is 0 Å². The lowest BCUT2D eigenvalue weighted by atomic mass is 10.0. The molecule has 0 aromatic rings. The summed E-state index contributed by atoms with van der Waals surface area (Å²) in [4.78, 5) is 55.0. The maximum atomic E-state index is 14.0. The van der Waals surface area contributed by atoms with Gasteiger partial charge in [0.05, 0.1) is 11.4 Å².